The maximum absolute atomic E-state index is 15.3. The Kier molecular flexibility index (Phi) is 5.77. The van der Waals surface area contributed by atoms with Crippen LogP contribution in [0.5, 0.6) is 0 Å². The Morgan fingerprint density at radius 3 is 2.66 bits per heavy atom. The van der Waals surface area contributed by atoms with Crippen molar-refractivity contribution in [3.8, 4) is 11.8 Å². The van der Waals surface area contributed by atoms with E-state index >= 15 is 4.39 Å². The van der Waals surface area contributed by atoms with E-state index in [0.717, 1.165) is 16.8 Å². The van der Waals surface area contributed by atoms with Gasteiger partial charge in [0.15, 0.2) is 17.4 Å². The fourth-order valence-electron chi connectivity index (χ4n) is 4.38. The van der Waals surface area contributed by atoms with Gasteiger partial charge in [-0.15, -0.1) is 0 Å². The number of anilines is 2. The molecule has 1 aliphatic rings. The van der Waals surface area contributed by atoms with Crippen LogP contribution in [0.2, 0.25) is 0 Å². The molecule has 3 heterocycles. The van der Waals surface area contributed by atoms with Crippen molar-refractivity contribution in [3.05, 3.63) is 81.7 Å². The predicted octanol–water partition coefficient (Wildman–Crippen LogP) is 0.367. The molecule has 0 aliphatic carbocycles. The minimum atomic E-state index is -0.573. The van der Waals surface area contributed by atoms with Crippen LogP contribution in [0.1, 0.15) is 22.7 Å². The second kappa shape index (κ2) is 8.79. The zero-order chi connectivity index (χ0) is 24.7. The molecule has 0 N–H and O–H groups in total. The average molecular weight is 466 g/mol. The lowest BCUT2D eigenvalue weighted by atomic mass is 9.49. The molecule has 7 nitrogen and oxygen atoms in total. The molecule has 4 aromatic rings. The van der Waals surface area contributed by atoms with Gasteiger partial charge in [0.1, 0.15) is 35.6 Å². The van der Waals surface area contributed by atoms with Crippen molar-refractivity contribution in [2.45, 2.75) is 18.8 Å². The summed E-state index contributed by atoms with van der Waals surface area (Å²) < 4.78 is 28.0. The third-order valence-corrected chi connectivity index (χ3v) is 5.87. The fourth-order valence-corrected chi connectivity index (χ4v) is 4.38. The Hall–Kier alpha value is -3.77. The number of oxazole rings is 1. The van der Waals surface area contributed by atoms with E-state index in [9.17, 15) is 4.79 Å². The largest absolute Gasteiger partial charge is 0.448 e. The molecule has 0 unspecified atom stereocenters. The standard InChI is InChI=1S/C24H22B3FN4O3/c1-14-29-16(12-35-14)9-8-15-4-2-6-19-17(15)13-34-11-10-31(19)22-21-18(28)5-3-7-20(21)32(23(33)30-22)24(25,26)27/h2-7,12H,10-11,13,25-27H2,1H3. The Labute approximate surface area is 204 Å². The number of hydrogen-bond donors (Lipinski definition) is 0. The van der Waals surface area contributed by atoms with Gasteiger partial charge in [-0.2, -0.15) is 4.98 Å². The van der Waals surface area contributed by atoms with Gasteiger partial charge < -0.3 is 18.6 Å². The van der Waals surface area contributed by atoms with Gasteiger partial charge in [0.2, 0.25) is 0 Å². The highest BCUT2D eigenvalue weighted by atomic mass is 19.1. The van der Waals surface area contributed by atoms with Gasteiger partial charge in [-0.3, -0.25) is 0 Å². The Morgan fingerprint density at radius 1 is 1.11 bits per heavy atom. The summed E-state index contributed by atoms with van der Waals surface area (Å²) in [6.45, 7) is 2.87. The smallest absolute Gasteiger partial charge is 0.348 e. The van der Waals surface area contributed by atoms with Gasteiger partial charge >= 0.3 is 5.69 Å². The molecule has 0 fully saturated rings. The number of benzene rings is 2. The normalized spacial score (nSPS) is 13.7. The molecule has 0 bridgehead atoms. The maximum Gasteiger partial charge on any atom is 0.348 e. The molecular weight excluding hydrogens is 444 g/mol. The summed E-state index contributed by atoms with van der Waals surface area (Å²) in [5.41, 5.74) is 2.96. The Bertz CT molecular complexity index is 1570. The van der Waals surface area contributed by atoms with Crippen LogP contribution >= 0.6 is 0 Å². The molecule has 5 rings (SSSR count). The Morgan fingerprint density at radius 2 is 1.91 bits per heavy atom. The summed E-state index contributed by atoms with van der Waals surface area (Å²) in [5.74, 6) is 6.55. The molecule has 35 heavy (non-hydrogen) atoms. The minimum absolute atomic E-state index is 0.271. The first kappa shape index (κ1) is 23.0. The predicted molar refractivity (Wildman–Crippen MR) is 140 cm³/mol. The summed E-state index contributed by atoms with van der Waals surface area (Å²) in [6.07, 6.45) is 1.51. The second-order valence-corrected chi connectivity index (χ2v) is 9.37. The van der Waals surface area contributed by atoms with Crippen LogP contribution in [0, 0.1) is 24.6 Å². The van der Waals surface area contributed by atoms with Gasteiger partial charge in [-0.1, -0.05) is 18.1 Å². The van der Waals surface area contributed by atoms with E-state index in [1.165, 1.54) is 16.9 Å². The lowest BCUT2D eigenvalue weighted by molar-refractivity contribution is 0.133. The number of fused-ring (bicyclic) bond motifs is 2. The molecule has 1 aliphatic heterocycles. The van der Waals surface area contributed by atoms with Crippen LogP contribution in [0.4, 0.5) is 15.9 Å². The van der Waals surface area contributed by atoms with Crippen molar-refractivity contribution in [2.24, 2.45) is 0 Å². The van der Waals surface area contributed by atoms with E-state index in [-0.39, 0.29) is 5.82 Å². The second-order valence-electron chi connectivity index (χ2n) is 9.37. The molecule has 0 saturated carbocycles. The third-order valence-electron chi connectivity index (χ3n) is 5.87. The number of rotatable bonds is 2. The molecule has 0 spiro atoms. The van der Waals surface area contributed by atoms with E-state index in [2.05, 4.69) is 21.8 Å². The van der Waals surface area contributed by atoms with E-state index in [1.54, 1.807) is 19.1 Å². The van der Waals surface area contributed by atoms with Crippen molar-refractivity contribution in [2.75, 3.05) is 18.1 Å². The summed E-state index contributed by atoms with van der Waals surface area (Å²) >= 11 is 0. The number of aromatic nitrogens is 3. The van der Waals surface area contributed by atoms with Crippen LogP contribution < -0.4 is 10.6 Å². The number of ether oxygens (including phenoxy) is 1. The van der Waals surface area contributed by atoms with Crippen LogP contribution in [0.15, 0.2) is 51.9 Å². The van der Waals surface area contributed by atoms with Crippen LogP contribution in [-0.2, 0) is 16.6 Å². The van der Waals surface area contributed by atoms with Gasteiger partial charge in [-0.05, 0) is 35.4 Å². The van der Waals surface area contributed by atoms with E-state index in [4.69, 9.17) is 9.15 Å². The highest BCUT2D eigenvalue weighted by molar-refractivity contribution is 6.56. The number of hydrogen-bond acceptors (Lipinski definition) is 6. The summed E-state index contributed by atoms with van der Waals surface area (Å²) in [4.78, 5) is 23.7. The van der Waals surface area contributed by atoms with Crippen molar-refractivity contribution >= 4 is 45.9 Å². The van der Waals surface area contributed by atoms with Crippen LogP contribution in [0.3, 0.4) is 0 Å². The van der Waals surface area contributed by atoms with Crippen molar-refractivity contribution in [1.82, 2.24) is 14.5 Å². The number of halogens is 1. The topological polar surface area (TPSA) is 73.4 Å². The van der Waals surface area contributed by atoms with E-state index < -0.39 is 16.7 Å². The Balaban J connectivity index is 1.72. The molecule has 172 valence electrons. The summed E-state index contributed by atoms with van der Waals surface area (Å²) in [7, 11) is 5.70. The maximum atomic E-state index is 15.3. The first-order chi connectivity index (χ1) is 16.7. The summed E-state index contributed by atoms with van der Waals surface area (Å²) in [6, 6.07) is 10.5. The molecule has 2 aromatic carbocycles. The minimum Gasteiger partial charge on any atom is -0.448 e. The quantitative estimate of drug-likeness (QED) is 0.314. The zero-order valence-electron chi connectivity index (χ0n) is 20.1. The van der Waals surface area contributed by atoms with E-state index in [1.807, 2.05) is 46.6 Å². The van der Waals surface area contributed by atoms with Crippen molar-refractivity contribution < 1.29 is 13.5 Å². The molecule has 0 amide bonds. The monoisotopic (exact) mass is 466 g/mol. The van der Waals surface area contributed by atoms with Crippen LogP contribution in [0.25, 0.3) is 10.9 Å². The van der Waals surface area contributed by atoms with Crippen LogP contribution in [-0.4, -0.2) is 51.2 Å². The van der Waals surface area contributed by atoms with Gasteiger partial charge in [-0.25, -0.2) is 14.2 Å². The molecule has 0 radical (unpaired) electrons. The van der Waals surface area contributed by atoms with Crippen molar-refractivity contribution in [1.29, 1.82) is 0 Å². The SMILES string of the molecule is BC(B)(B)n1c(=O)nc(N2CCOCc3c(C#Cc4coc(C)n4)cccc32)c2c(F)cccc21. The molecule has 11 heteroatoms. The molecule has 0 atom stereocenters. The molecule has 0 saturated heterocycles. The lowest BCUT2D eigenvalue weighted by Gasteiger charge is -2.29. The van der Waals surface area contributed by atoms with Crippen molar-refractivity contribution in [3.63, 3.8) is 0 Å². The number of aryl methyl sites for hydroxylation is 1. The van der Waals surface area contributed by atoms with Gasteiger partial charge in [0, 0.05) is 30.3 Å². The first-order valence-corrected chi connectivity index (χ1v) is 11.4. The van der Waals surface area contributed by atoms with Gasteiger partial charge in [0.25, 0.3) is 0 Å². The zero-order valence-corrected chi connectivity index (χ0v) is 20.1. The summed E-state index contributed by atoms with van der Waals surface area (Å²) in [5, 5.41) is -0.277. The van der Waals surface area contributed by atoms with Gasteiger partial charge in [0.05, 0.1) is 24.1 Å². The molecule has 2 aromatic heterocycles. The third kappa shape index (κ3) is 4.26. The fraction of sp³-hybridized carbons (Fsp3) is 0.208. The molecular formula is C24H22B3FN4O3. The highest BCUT2D eigenvalue weighted by Crippen LogP contribution is 2.36. The number of nitrogens with zero attached hydrogens (tertiary/aromatic N) is 4. The van der Waals surface area contributed by atoms with E-state index in [0.29, 0.717) is 42.2 Å². The first-order valence-electron chi connectivity index (χ1n) is 11.4. The lowest BCUT2D eigenvalue weighted by Crippen LogP contribution is -2.44. The highest BCUT2D eigenvalue weighted by Gasteiger charge is 2.27. The average Bonchev–Trinajstić information content (AvgIpc) is 3.09.